The van der Waals surface area contributed by atoms with Crippen molar-refractivity contribution in [2.45, 2.75) is 51.9 Å². The zero-order chi connectivity index (χ0) is 9.99. The molecule has 0 saturated heterocycles. The SMILES string of the molecule is CCC(C)(C)S(=O)(=O)OC(C)C. The molecule has 0 fully saturated rings. The fourth-order valence-corrected chi connectivity index (χ4v) is 1.68. The van der Waals surface area contributed by atoms with Crippen LogP contribution in [0, 0.1) is 0 Å². The summed E-state index contributed by atoms with van der Waals surface area (Å²) in [6, 6.07) is 0. The Labute approximate surface area is 75.2 Å². The van der Waals surface area contributed by atoms with Gasteiger partial charge in [-0.1, -0.05) is 6.92 Å². The molecule has 0 aliphatic heterocycles. The van der Waals surface area contributed by atoms with Crippen molar-refractivity contribution >= 4 is 10.1 Å². The summed E-state index contributed by atoms with van der Waals surface area (Å²) in [6.07, 6.45) is 0.281. The van der Waals surface area contributed by atoms with E-state index in [0.717, 1.165) is 0 Å². The fraction of sp³-hybridized carbons (Fsp3) is 1.00. The van der Waals surface area contributed by atoms with E-state index in [1.54, 1.807) is 27.7 Å². The van der Waals surface area contributed by atoms with Crippen molar-refractivity contribution in [3.63, 3.8) is 0 Å². The van der Waals surface area contributed by atoms with Gasteiger partial charge in [-0.2, -0.15) is 8.42 Å². The van der Waals surface area contributed by atoms with Gasteiger partial charge in [-0.15, -0.1) is 0 Å². The van der Waals surface area contributed by atoms with Crippen LogP contribution < -0.4 is 0 Å². The van der Waals surface area contributed by atoms with Crippen molar-refractivity contribution in [3.05, 3.63) is 0 Å². The summed E-state index contributed by atoms with van der Waals surface area (Å²) in [5.41, 5.74) is 0. The Balaban J connectivity index is 4.63. The molecule has 12 heavy (non-hydrogen) atoms. The van der Waals surface area contributed by atoms with E-state index in [-0.39, 0.29) is 6.10 Å². The topological polar surface area (TPSA) is 43.4 Å². The molecule has 0 bridgehead atoms. The predicted molar refractivity (Wildman–Crippen MR) is 49.5 cm³/mol. The standard InChI is InChI=1S/C8H18O3S/c1-6-8(4,5)12(9,10)11-7(2)3/h7H,6H2,1-5H3. The first-order chi connectivity index (χ1) is 5.23. The third kappa shape index (κ3) is 2.75. The quantitative estimate of drug-likeness (QED) is 0.642. The molecule has 0 aromatic heterocycles. The van der Waals surface area contributed by atoms with Gasteiger partial charge in [0.25, 0.3) is 10.1 Å². The maximum Gasteiger partial charge on any atom is 0.272 e. The molecule has 3 nitrogen and oxygen atoms in total. The minimum atomic E-state index is -3.41. The fourth-order valence-electron chi connectivity index (χ4n) is 0.560. The first-order valence-corrected chi connectivity index (χ1v) is 5.56. The Morgan fingerprint density at radius 2 is 1.75 bits per heavy atom. The lowest BCUT2D eigenvalue weighted by atomic mass is 10.1. The van der Waals surface area contributed by atoms with Crippen LogP contribution in [-0.4, -0.2) is 19.3 Å². The van der Waals surface area contributed by atoms with Crippen molar-refractivity contribution in [2.24, 2.45) is 0 Å². The lowest BCUT2D eigenvalue weighted by Crippen LogP contribution is -2.34. The second-order valence-electron chi connectivity index (χ2n) is 3.71. The molecule has 0 spiro atoms. The average Bonchev–Trinajstić information content (AvgIpc) is 1.84. The van der Waals surface area contributed by atoms with E-state index in [9.17, 15) is 8.42 Å². The summed E-state index contributed by atoms with van der Waals surface area (Å²) in [7, 11) is -3.41. The molecule has 0 saturated carbocycles. The summed E-state index contributed by atoms with van der Waals surface area (Å²) < 4.78 is 27.0. The maximum atomic E-state index is 11.5. The van der Waals surface area contributed by atoms with Crippen LogP contribution in [0.15, 0.2) is 0 Å². The van der Waals surface area contributed by atoms with Crippen molar-refractivity contribution in [3.8, 4) is 0 Å². The zero-order valence-electron chi connectivity index (χ0n) is 8.42. The molecule has 0 aliphatic rings. The van der Waals surface area contributed by atoms with Crippen LogP contribution in [0.25, 0.3) is 0 Å². The minimum absolute atomic E-state index is 0.277. The van der Waals surface area contributed by atoms with Crippen LogP contribution in [0.2, 0.25) is 0 Å². The lowest BCUT2D eigenvalue weighted by molar-refractivity contribution is 0.237. The molecule has 74 valence electrons. The third-order valence-corrected chi connectivity index (χ3v) is 4.13. The molecular weight excluding hydrogens is 176 g/mol. The van der Waals surface area contributed by atoms with Crippen LogP contribution in [0.4, 0.5) is 0 Å². The molecule has 0 aromatic carbocycles. The summed E-state index contributed by atoms with van der Waals surface area (Å²) in [4.78, 5) is 0. The molecule has 0 amide bonds. The van der Waals surface area contributed by atoms with E-state index in [4.69, 9.17) is 4.18 Å². The van der Waals surface area contributed by atoms with Gasteiger partial charge in [0, 0.05) is 0 Å². The van der Waals surface area contributed by atoms with E-state index >= 15 is 0 Å². The van der Waals surface area contributed by atoms with Gasteiger partial charge < -0.3 is 0 Å². The van der Waals surface area contributed by atoms with Crippen molar-refractivity contribution in [2.75, 3.05) is 0 Å². The first kappa shape index (κ1) is 11.9. The van der Waals surface area contributed by atoms with Gasteiger partial charge in [0.05, 0.1) is 10.9 Å². The first-order valence-electron chi connectivity index (χ1n) is 4.16. The van der Waals surface area contributed by atoms with Gasteiger partial charge in [-0.25, -0.2) is 0 Å². The van der Waals surface area contributed by atoms with E-state index in [2.05, 4.69) is 0 Å². The summed E-state index contributed by atoms with van der Waals surface area (Å²) in [5.74, 6) is 0. The monoisotopic (exact) mass is 194 g/mol. The third-order valence-electron chi connectivity index (χ3n) is 1.85. The molecule has 0 aliphatic carbocycles. The van der Waals surface area contributed by atoms with E-state index in [1.807, 2.05) is 6.92 Å². The Bertz CT molecular complexity index is 227. The van der Waals surface area contributed by atoms with Crippen molar-refractivity contribution < 1.29 is 12.6 Å². The average molecular weight is 194 g/mol. The minimum Gasteiger partial charge on any atom is -0.267 e. The molecule has 4 heteroatoms. The highest BCUT2D eigenvalue weighted by atomic mass is 32.2. The second kappa shape index (κ2) is 3.75. The molecular formula is C8H18O3S. The lowest BCUT2D eigenvalue weighted by Gasteiger charge is -2.23. The molecule has 0 heterocycles. The normalized spacial score (nSPS) is 13.8. The Hall–Kier alpha value is -0.0900. The van der Waals surface area contributed by atoms with Gasteiger partial charge in [0.15, 0.2) is 0 Å². The largest absolute Gasteiger partial charge is 0.272 e. The Kier molecular flexibility index (Phi) is 3.72. The Morgan fingerprint density at radius 1 is 1.33 bits per heavy atom. The number of rotatable bonds is 4. The Morgan fingerprint density at radius 3 is 2.00 bits per heavy atom. The predicted octanol–water partition coefficient (Wildman–Crippen LogP) is 1.93. The van der Waals surface area contributed by atoms with Crippen LogP contribution in [-0.2, 0) is 14.3 Å². The summed E-state index contributed by atoms with van der Waals surface area (Å²) in [5, 5.41) is 0. The van der Waals surface area contributed by atoms with Crippen LogP contribution in [0.3, 0.4) is 0 Å². The zero-order valence-corrected chi connectivity index (χ0v) is 9.23. The van der Waals surface area contributed by atoms with Gasteiger partial charge in [-0.05, 0) is 34.1 Å². The second-order valence-corrected chi connectivity index (χ2v) is 5.92. The molecule has 0 rings (SSSR count). The highest BCUT2D eigenvalue weighted by Crippen LogP contribution is 2.22. The van der Waals surface area contributed by atoms with Crippen LogP contribution >= 0.6 is 0 Å². The van der Waals surface area contributed by atoms with Gasteiger partial charge >= 0.3 is 0 Å². The van der Waals surface area contributed by atoms with Gasteiger partial charge in [0.2, 0.25) is 0 Å². The molecule has 0 radical (unpaired) electrons. The van der Waals surface area contributed by atoms with E-state index in [0.29, 0.717) is 6.42 Å². The number of hydrogen-bond acceptors (Lipinski definition) is 3. The van der Waals surface area contributed by atoms with Gasteiger partial charge in [0.1, 0.15) is 0 Å². The molecule has 0 atom stereocenters. The van der Waals surface area contributed by atoms with Gasteiger partial charge in [-0.3, -0.25) is 4.18 Å². The highest BCUT2D eigenvalue weighted by Gasteiger charge is 2.34. The van der Waals surface area contributed by atoms with E-state index in [1.165, 1.54) is 0 Å². The van der Waals surface area contributed by atoms with Crippen molar-refractivity contribution in [1.29, 1.82) is 0 Å². The molecule has 0 aromatic rings. The van der Waals surface area contributed by atoms with Crippen LogP contribution in [0.1, 0.15) is 41.0 Å². The van der Waals surface area contributed by atoms with E-state index < -0.39 is 14.9 Å². The maximum absolute atomic E-state index is 11.5. The smallest absolute Gasteiger partial charge is 0.267 e. The summed E-state index contributed by atoms with van der Waals surface area (Å²) >= 11 is 0. The summed E-state index contributed by atoms with van der Waals surface area (Å²) in [6.45, 7) is 8.60. The van der Waals surface area contributed by atoms with Crippen LogP contribution in [0.5, 0.6) is 0 Å². The number of hydrogen-bond donors (Lipinski definition) is 0. The molecule has 0 unspecified atom stereocenters. The molecule has 0 N–H and O–H groups in total. The highest BCUT2D eigenvalue weighted by molar-refractivity contribution is 7.88. The van der Waals surface area contributed by atoms with Crippen molar-refractivity contribution in [1.82, 2.24) is 0 Å².